The number of hydrogen-bond donors (Lipinski definition) is 2. The number of hydrogen-bond acceptors (Lipinski definition) is 3. The van der Waals surface area contributed by atoms with Crippen LogP contribution in [0.4, 0.5) is 0 Å². The molecule has 108 valence electrons. The van der Waals surface area contributed by atoms with Crippen molar-refractivity contribution >= 4 is 18.3 Å². The van der Waals surface area contributed by atoms with E-state index in [1.807, 2.05) is 44.2 Å². The maximum absolute atomic E-state index is 12.0. The van der Waals surface area contributed by atoms with Gasteiger partial charge in [-0.1, -0.05) is 37.3 Å². The van der Waals surface area contributed by atoms with Crippen LogP contribution in [-0.4, -0.2) is 32.1 Å². The van der Waals surface area contributed by atoms with Gasteiger partial charge in [-0.25, -0.2) is 0 Å². The van der Waals surface area contributed by atoms with Crippen molar-refractivity contribution in [3.05, 3.63) is 35.9 Å². The summed E-state index contributed by atoms with van der Waals surface area (Å²) < 4.78 is 5.51. The van der Waals surface area contributed by atoms with Crippen molar-refractivity contribution in [2.24, 2.45) is 0 Å². The van der Waals surface area contributed by atoms with Crippen molar-refractivity contribution in [2.75, 3.05) is 26.2 Å². The van der Waals surface area contributed by atoms with Crippen LogP contribution in [0.25, 0.3) is 0 Å². The van der Waals surface area contributed by atoms with Crippen LogP contribution in [0.1, 0.15) is 25.5 Å². The van der Waals surface area contributed by atoms with Crippen molar-refractivity contribution in [3.8, 4) is 0 Å². The molecule has 0 radical (unpaired) electrons. The first-order chi connectivity index (χ1) is 8.79. The number of nitrogens with one attached hydrogen (secondary N) is 2. The van der Waals surface area contributed by atoms with Gasteiger partial charge in [-0.2, -0.15) is 0 Å². The molecule has 0 fully saturated rings. The molecular formula is C14H23ClN2O2. The zero-order valence-electron chi connectivity index (χ0n) is 11.5. The molecule has 0 aliphatic carbocycles. The van der Waals surface area contributed by atoms with Crippen LogP contribution in [-0.2, 0) is 9.53 Å². The zero-order chi connectivity index (χ0) is 13.2. The predicted molar refractivity (Wildman–Crippen MR) is 79.6 cm³/mol. The fraction of sp³-hybridized carbons (Fsp3) is 0.500. The van der Waals surface area contributed by atoms with Gasteiger partial charge < -0.3 is 15.4 Å². The fourth-order valence-corrected chi connectivity index (χ4v) is 1.66. The Morgan fingerprint density at radius 2 is 1.89 bits per heavy atom. The summed E-state index contributed by atoms with van der Waals surface area (Å²) in [6.45, 7) is 6.74. The summed E-state index contributed by atoms with van der Waals surface area (Å²) in [4.78, 5) is 12.0. The van der Waals surface area contributed by atoms with Crippen LogP contribution in [0.3, 0.4) is 0 Å². The molecule has 1 aromatic carbocycles. The molecule has 4 nitrogen and oxygen atoms in total. The average molecular weight is 287 g/mol. The van der Waals surface area contributed by atoms with Gasteiger partial charge in [-0.05, 0) is 19.0 Å². The predicted octanol–water partition coefficient (Wildman–Crippen LogP) is 1.91. The molecule has 0 bridgehead atoms. The lowest BCUT2D eigenvalue weighted by Crippen LogP contribution is -2.35. The Bertz CT molecular complexity index is 347. The van der Waals surface area contributed by atoms with Gasteiger partial charge in [0.15, 0.2) is 6.10 Å². The van der Waals surface area contributed by atoms with Crippen molar-refractivity contribution in [1.29, 1.82) is 0 Å². The van der Waals surface area contributed by atoms with Crippen LogP contribution in [0.15, 0.2) is 30.3 Å². The smallest absolute Gasteiger partial charge is 0.253 e. The molecule has 5 heteroatoms. The molecule has 0 saturated carbocycles. The minimum Gasteiger partial charge on any atom is -0.364 e. The van der Waals surface area contributed by atoms with Crippen molar-refractivity contribution < 1.29 is 9.53 Å². The standard InChI is InChI=1S/C14H22N2O2.ClH/c1-3-15-10-11-16-14(17)13(18-4-2)12-8-6-5-7-9-12;/h5-9,13,15H,3-4,10-11H2,1-2H3,(H,16,17);1H. The number of amides is 1. The van der Waals surface area contributed by atoms with Gasteiger partial charge in [0.1, 0.15) is 0 Å². The largest absolute Gasteiger partial charge is 0.364 e. The van der Waals surface area contributed by atoms with E-state index in [0.717, 1.165) is 18.7 Å². The Balaban J connectivity index is 0.00000324. The number of carbonyl (C=O) groups is 1. The molecule has 0 spiro atoms. The van der Waals surface area contributed by atoms with E-state index in [2.05, 4.69) is 10.6 Å². The number of ether oxygens (including phenoxy) is 1. The number of likely N-dealkylation sites (N-methyl/N-ethyl adjacent to an activating group) is 1. The van der Waals surface area contributed by atoms with Crippen LogP contribution in [0.5, 0.6) is 0 Å². The third kappa shape index (κ3) is 6.57. The van der Waals surface area contributed by atoms with E-state index < -0.39 is 6.10 Å². The zero-order valence-corrected chi connectivity index (χ0v) is 12.3. The van der Waals surface area contributed by atoms with Gasteiger partial charge in [0.05, 0.1) is 0 Å². The number of carbonyl (C=O) groups excluding carboxylic acids is 1. The van der Waals surface area contributed by atoms with E-state index in [0.29, 0.717) is 13.2 Å². The monoisotopic (exact) mass is 286 g/mol. The highest BCUT2D eigenvalue weighted by molar-refractivity contribution is 5.85. The van der Waals surface area contributed by atoms with Gasteiger partial charge in [0, 0.05) is 19.7 Å². The van der Waals surface area contributed by atoms with Gasteiger partial charge in [-0.3, -0.25) is 4.79 Å². The van der Waals surface area contributed by atoms with Crippen LogP contribution in [0.2, 0.25) is 0 Å². The van der Waals surface area contributed by atoms with E-state index >= 15 is 0 Å². The molecule has 0 aliphatic heterocycles. The van der Waals surface area contributed by atoms with Crippen LogP contribution in [0, 0.1) is 0 Å². The second-order valence-electron chi connectivity index (χ2n) is 3.89. The maximum Gasteiger partial charge on any atom is 0.253 e. The Morgan fingerprint density at radius 3 is 2.47 bits per heavy atom. The maximum atomic E-state index is 12.0. The minimum absolute atomic E-state index is 0. The Morgan fingerprint density at radius 1 is 1.21 bits per heavy atom. The molecule has 1 atom stereocenters. The summed E-state index contributed by atoms with van der Waals surface area (Å²) in [5, 5.41) is 6.03. The molecule has 0 aromatic heterocycles. The van der Waals surface area contributed by atoms with Crippen LogP contribution >= 0.6 is 12.4 Å². The normalized spacial score (nSPS) is 11.5. The highest BCUT2D eigenvalue weighted by atomic mass is 35.5. The number of rotatable bonds is 8. The summed E-state index contributed by atoms with van der Waals surface area (Å²) in [5.41, 5.74) is 0.889. The highest BCUT2D eigenvalue weighted by Gasteiger charge is 2.19. The Labute approximate surface area is 121 Å². The van der Waals surface area contributed by atoms with E-state index in [1.54, 1.807) is 0 Å². The quantitative estimate of drug-likeness (QED) is 0.718. The SMILES string of the molecule is CCNCCNC(=O)C(OCC)c1ccccc1.Cl. The summed E-state index contributed by atoms with van der Waals surface area (Å²) in [6.07, 6.45) is -0.516. The third-order valence-electron chi connectivity index (χ3n) is 2.52. The molecule has 0 saturated heterocycles. The second-order valence-corrected chi connectivity index (χ2v) is 3.89. The lowest BCUT2D eigenvalue weighted by Gasteiger charge is -2.17. The van der Waals surface area contributed by atoms with Gasteiger partial charge in [0.2, 0.25) is 0 Å². The lowest BCUT2D eigenvalue weighted by atomic mass is 10.1. The Hall–Kier alpha value is -1.10. The molecule has 1 aromatic rings. The molecule has 1 rings (SSSR count). The van der Waals surface area contributed by atoms with E-state index in [9.17, 15) is 4.79 Å². The highest BCUT2D eigenvalue weighted by Crippen LogP contribution is 2.16. The fourth-order valence-electron chi connectivity index (χ4n) is 1.66. The number of benzene rings is 1. The van der Waals surface area contributed by atoms with Gasteiger partial charge in [0.25, 0.3) is 5.91 Å². The Kier molecular flexibility index (Phi) is 10.2. The average Bonchev–Trinajstić information content (AvgIpc) is 2.41. The third-order valence-corrected chi connectivity index (χ3v) is 2.52. The summed E-state index contributed by atoms with van der Waals surface area (Å²) in [5.74, 6) is -0.0825. The molecule has 1 amide bonds. The first kappa shape index (κ1) is 17.9. The van der Waals surface area contributed by atoms with Crippen molar-refractivity contribution in [2.45, 2.75) is 20.0 Å². The molecule has 1 unspecified atom stereocenters. The first-order valence-electron chi connectivity index (χ1n) is 6.44. The van der Waals surface area contributed by atoms with E-state index in [1.165, 1.54) is 0 Å². The topological polar surface area (TPSA) is 50.4 Å². The second kappa shape index (κ2) is 10.8. The number of halogens is 1. The summed E-state index contributed by atoms with van der Waals surface area (Å²) in [6, 6.07) is 9.56. The van der Waals surface area contributed by atoms with E-state index in [4.69, 9.17) is 4.74 Å². The van der Waals surface area contributed by atoms with Gasteiger partial charge in [-0.15, -0.1) is 12.4 Å². The first-order valence-corrected chi connectivity index (χ1v) is 6.44. The minimum atomic E-state index is -0.516. The van der Waals surface area contributed by atoms with E-state index in [-0.39, 0.29) is 18.3 Å². The van der Waals surface area contributed by atoms with Crippen LogP contribution < -0.4 is 10.6 Å². The lowest BCUT2D eigenvalue weighted by molar-refractivity contribution is -0.132. The molecule has 19 heavy (non-hydrogen) atoms. The molecule has 0 heterocycles. The molecule has 0 aliphatic rings. The van der Waals surface area contributed by atoms with Crippen molar-refractivity contribution in [1.82, 2.24) is 10.6 Å². The van der Waals surface area contributed by atoms with Crippen molar-refractivity contribution in [3.63, 3.8) is 0 Å². The summed E-state index contributed by atoms with van der Waals surface area (Å²) in [7, 11) is 0. The van der Waals surface area contributed by atoms with Gasteiger partial charge >= 0.3 is 0 Å². The summed E-state index contributed by atoms with van der Waals surface area (Å²) >= 11 is 0. The molecule has 2 N–H and O–H groups in total. The molecular weight excluding hydrogens is 264 g/mol.